The monoisotopic (exact) mass is 1440 g/mol. The van der Waals surface area contributed by atoms with Crippen molar-refractivity contribution >= 4 is 39.5 Å². The first-order valence-electron chi connectivity index (χ1n) is 40.7. The van der Waals surface area contributed by atoms with E-state index in [1.807, 2.05) is 0 Å². The molecule has 582 valence electrons. The van der Waals surface area contributed by atoms with E-state index in [1.165, 1.54) is 205 Å². The molecule has 3 N–H and O–H groups in total. The van der Waals surface area contributed by atoms with Crippen LogP contribution < -0.4 is 0 Å². The van der Waals surface area contributed by atoms with E-state index in [0.717, 1.165) is 114 Å². The third-order valence-electron chi connectivity index (χ3n) is 18.7. The highest BCUT2D eigenvalue weighted by Crippen LogP contribution is 2.45. The lowest BCUT2D eigenvalue weighted by Crippen LogP contribution is -2.30. The first-order chi connectivity index (χ1) is 47.1. The summed E-state index contributed by atoms with van der Waals surface area (Å²) in [6, 6.07) is 0. The van der Waals surface area contributed by atoms with Gasteiger partial charge >= 0.3 is 39.5 Å². The number of carbonyl (C=O) groups excluding carboxylic acids is 4. The van der Waals surface area contributed by atoms with Gasteiger partial charge in [-0.1, -0.05) is 351 Å². The molecule has 0 saturated heterocycles. The van der Waals surface area contributed by atoms with Gasteiger partial charge in [-0.3, -0.25) is 37.3 Å². The molecule has 17 nitrogen and oxygen atoms in total. The maximum Gasteiger partial charge on any atom is 0.472 e. The van der Waals surface area contributed by atoms with Crippen LogP contribution in [0, 0.1) is 23.7 Å². The molecular formula is C79H154O17P2. The number of aliphatic hydroxyl groups excluding tert-OH is 1. The fourth-order valence-corrected chi connectivity index (χ4v) is 13.6. The number of phosphoric ester groups is 2. The van der Waals surface area contributed by atoms with Gasteiger partial charge in [0.1, 0.15) is 19.3 Å². The fourth-order valence-electron chi connectivity index (χ4n) is 12.0. The van der Waals surface area contributed by atoms with Gasteiger partial charge in [-0.05, 0) is 49.4 Å². The van der Waals surface area contributed by atoms with Gasteiger partial charge in [0, 0.05) is 25.7 Å². The minimum atomic E-state index is -4.96. The summed E-state index contributed by atoms with van der Waals surface area (Å²) in [6.45, 7) is 14.3. The lowest BCUT2D eigenvalue weighted by molar-refractivity contribution is -0.161. The van der Waals surface area contributed by atoms with E-state index < -0.39 is 97.5 Å². The molecule has 0 radical (unpaired) electrons. The zero-order valence-corrected chi connectivity index (χ0v) is 66.2. The summed E-state index contributed by atoms with van der Waals surface area (Å²) in [5.41, 5.74) is 0. The largest absolute Gasteiger partial charge is 0.472 e. The van der Waals surface area contributed by atoms with Crippen LogP contribution in [0.5, 0.6) is 0 Å². The van der Waals surface area contributed by atoms with Gasteiger partial charge in [0.15, 0.2) is 12.2 Å². The van der Waals surface area contributed by atoms with Crippen LogP contribution in [0.3, 0.4) is 0 Å². The highest BCUT2D eigenvalue weighted by atomic mass is 31.2. The lowest BCUT2D eigenvalue weighted by atomic mass is 9.99. The average Bonchev–Trinajstić information content (AvgIpc) is 1.01. The van der Waals surface area contributed by atoms with E-state index in [-0.39, 0.29) is 25.7 Å². The van der Waals surface area contributed by atoms with Gasteiger partial charge in [-0.2, -0.15) is 0 Å². The van der Waals surface area contributed by atoms with Gasteiger partial charge in [0.2, 0.25) is 0 Å². The van der Waals surface area contributed by atoms with Crippen molar-refractivity contribution in [2.75, 3.05) is 39.6 Å². The molecule has 98 heavy (non-hydrogen) atoms. The predicted molar refractivity (Wildman–Crippen MR) is 400 cm³/mol. The normalized spacial score (nSPS) is 14.3. The first kappa shape index (κ1) is 96.1. The Balaban J connectivity index is 5.27. The molecule has 0 bridgehead atoms. The van der Waals surface area contributed by atoms with Gasteiger partial charge < -0.3 is 33.8 Å². The zero-order valence-electron chi connectivity index (χ0n) is 64.4. The van der Waals surface area contributed by atoms with Gasteiger partial charge in [-0.15, -0.1) is 0 Å². The number of phosphoric acid groups is 2. The van der Waals surface area contributed by atoms with E-state index in [2.05, 4.69) is 55.4 Å². The summed E-state index contributed by atoms with van der Waals surface area (Å²) in [5, 5.41) is 10.6. The summed E-state index contributed by atoms with van der Waals surface area (Å²) < 4.78 is 68.7. The highest BCUT2D eigenvalue weighted by molar-refractivity contribution is 7.47. The average molecular weight is 1440 g/mol. The Labute approximate surface area is 600 Å². The molecule has 3 unspecified atom stereocenters. The quantitative estimate of drug-likeness (QED) is 0.0222. The smallest absolute Gasteiger partial charge is 0.462 e. The molecule has 0 aromatic heterocycles. The van der Waals surface area contributed by atoms with Crippen molar-refractivity contribution in [3.05, 3.63) is 0 Å². The van der Waals surface area contributed by atoms with Gasteiger partial charge in [0.25, 0.3) is 0 Å². The second-order valence-corrected chi connectivity index (χ2v) is 33.0. The third-order valence-corrected chi connectivity index (χ3v) is 20.6. The Morgan fingerprint density at radius 1 is 0.286 bits per heavy atom. The fraction of sp³-hybridized carbons (Fsp3) is 0.949. The zero-order chi connectivity index (χ0) is 72.4. The number of carbonyl (C=O) groups is 4. The predicted octanol–water partition coefficient (Wildman–Crippen LogP) is 23.2. The van der Waals surface area contributed by atoms with Crippen molar-refractivity contribution in [1.29, 1.82) is 0 Å². The minimum Gasteiger partial charge on any atom is -0.462 e. The highest BCUT2D eigenvalue weighted by Gasteiger charge is 2.30. The summed E-state index contributed by atoms with van der Waals surface area (Å²) in [6.07, 6.45) is 54.0. The molecule has 0 amide bonds. The molecule has 0 fully saturated rings. The SMILES string of the molecule is CCC(C)CCCCCCCCCCCCC(=O)O[C@H](COC(=O)CCCCCCCCCCC(C)C)COP(=O)(O)OC[C@H](O)COP(=O)(O)OC[C@@H](COC(=O)CCCCCCCCCCCCCCCC(C)C)OC(=O)CCCCCCCCCCCCCCCCC(C)C. The molecule has 0 spiro atoms. The molecule has 0 saturated carbocycles. The molecule has 19 heteroatoms. The maximum atomic E-state index is 13.1. The van der Waals surface area contributed by atoms with Crippen molar-refractivity contribution in [2.45, 2.75) is 420 Å². The summed E-state index contributed by atoms with van der Waals surface area (Å²) in [7, 11) is -9.92. The molecule has 0 rings (SSSR count). The summed E-state index contributed by atoms with van der Waals surface area (Å²) in [5.74, 6) is 0.999. The van der Waals surface area contributed by atoms with Crippen LogP contribution in [0.25, 0.3) is 0 Å². The van der Waals surface area contributed by atoms with Crippen LogP contribution in [0.1, 0.15) is 402 Å². The van der Waals surface area contributed by atoms with Crippen LogP contribution in [0.4, 0.5) is 0 Å². The van der Waals surface area contributed by atoms with E-state index in [9.17, 15) is 43.2 Å². The lowest BCUT2D eigenvalue weighted by Gasteiger charge is -2.21. The van der Waals surface area contributed by atoms with Crippen LogP contribution in [0.2, 0.25) is 0 Å². The molecule has 0 aliphatic heterocycles. The van der Waals surface area contributed by atoms with E-state index >= 15 is 0 Å². The number of rotatable bonds is 76. The minimum absolute atomic E-state index is 0.105. The third kappa shape index (κ3) is 71.1. The molecule has 0 aliphatic rings. The maximum absolute atomic E-state index is 13.1. The van der Waals surface area contributed by atoms with Crippen LogP contribution in [-0.2, 0) is 65.4 Å². The van der Waals surface area contributed by atoms with Crippen molar-refractivity contribution < 1.29 is 80.2 Å². The van der Waals surface area contributed by atoms with E-state index in [0.29, 0.717) is 25.7 Å². The number of ether oxygens (including phenoxy) is 4. The number of esters is 4. The Morgan fingerprint density at radius 2 is 0.490 bits per heavy atom. The number of unbranched alkanes of at least 4 members (excludes halogenated alkanes) is 41. The first-order valence-corrected chi connectivity index (χ1v) is 43.7. The Kier molecular flexibility index (Phi) is 66.8. The van der Waals surface area contributed by atoms with Gasteiger partial charge in [0.05, 0.1) is 26.4 Å². The number of aliphatic hydroxyl groups is 1. The molecule has 0 aromatic carbocycles. The Morgan fingerprint density at radius 3 is 0.724 bits per heavy atom. The van der Waals surface area contributed by atoms with E-state index in [4.69, 9.17) is 37.0 Å². The molecular weight excluding hydrogens is 1280 g/mol. The summed E-state index contributed by atoms with van der Waals surface area (Å²) >= 11 is 0. The van der Waals surface area contributed by atoms with E-state index in [1.54, 1.807) is 0 Å². The van der Waals surface area contributed by atoms with Crippen LogP contribution in [-0.4, -0.2) is 96.7 Å². The molecule has 0 aliphatic carbocycles. The second-order valence-electron chi connectivity index (χ2n) is 30.1. The summed E-state index contributed by atoms with van der Waals surface area (Å²) in [4.78, 5) is 73.0. The molecule has 6 atom stereocenters. The topological polar surface area (TPSA) is 237 Å². The second kappa shape index (κ2) is 68.2. The van der Waals surface area contributed by atoms with Crippen molar-refractivity contribution in [2.24, 2.45) is 23.7 Å². The van der Waals surface area contributed by atoms with Crippen LogP contribution >= 0.6 is 15.6 Å². The van der Waals surface area contributed by atoms with Gasteiger partial charge in [-0.25, -0.2) is 9.13 Å². The standard InChI is InChI=1S/C79H154O17P2/c1-9-72(8)58-50-42-34-25-21-22-28-38-46-54-62-79(84)96-75(66-90-77(82)60-52-44-36-30-29-33-41-49-57-71(6)7)68-94-98(87,88)92-64-73(80)63-91-97(85,86)93-67-74(65-89-76(81)59-51-43-35-26-19-16-12-14-18-24-32-40-48-56-70(4)5)95-78(83)61-53-45-37-27-20-15-11-10-13-17-23-31-39-47-55-69(2)3/h69-75,80H,9-68H2,1-8H3,(H,85,86)(H,87,88)/t72?,73-,74-,75-/m1/s1. The Hall–Kier alpha value is -1.94. The number of hydrogen-bond donors (Lipinski definition) is 3. The molecule has 0 aromatic rings. The Bertz CT molecular complexity index is 1920. The molecule has 0 heterocycles. The van der Waals surface area contributed by atoms with Crippen molar-refractivity contribution in [3.8, 4) is 0 Å². The van der Waals surface area contributed by atoms with Crippen molar-refractivity contribution in [3.63, 3.8) is 0 Å². The van der Waals surface area contributed by atoms with Crippen molar-refractivity contribution in [1.82, 2.24) is 0 Å². The number of hydrogen-bond acceptors (Lipinski definition) is 15. The van der Waals surface area contributed by atoms with Crippen LogP contribution in [0.15, 0.2) is 0 Å².